The summed E-state index contributed by atoms with van der Waals surface area (Å²) in [5.74, 6) is -3.15. The molecule has 9 heteroatoms. The van der Waals surface area contributed by atoms with Gasteiger partial charge in [0.25, 0.3) is 0 Å². The second kappa shape index (κ2) is 12.3. The van der Waals surface area contributed by atoms with Gasteiger partial charge in [-0.1, -0.05) is 32.6 Å². The smallest absolute Gasteiger partial charge is 0.352 e. The predicted molar refractivity (Wildman–Crippen MR) is 126 cm³/mol. The molecule has 3 nitrogen and oxygen atoms in total. The number of benzene rings is 1. The van der Waals surface area contributed by atoms with Crippen LogP contribution in [0, 0.1) is 12.3 Å². The minimum atomic E-state index is -3.76. The highest BCUT2D eigenvalue weighted by atomic mass is 32.1. The van der Waals surface area contributed by atoms with Gasteiger partial charge in [0.15, 0.2) is 18.0 Å². The van der Waals surface area contributed by atoms with Crippen LogP contribution >= 0.6 is 12.6 Å². The van der Waals surface area contributed by atoms with E-state index in [0.717, 1.165) is 25.7 Å². The SMILES string of the molecule is CCCCCCCO[C@H]1CC[C@H](C2(F)C(F)[CH]C(F)(C(=O)Oc3ccc(S)cc3)C(F)C2F)CC1. The van der Waals surface area contributed by atoms with E-state index in [1.165, 1.54) is 30.7 Å². The first-order valence-electron chi connectivity index (χ1n) is 12.4. The fourth-order valence-corrected chi connectivity index (χ4v) is 5.13. The molecule has 35 heavy (non-hydrogen) atoms. The molecular formula is C26H34F5O3S. The lowest BCUT2D eigenvalue weighted by atomic mass is 9.65. The van der Waals surface area contributed by atoms with E-state index in [-0.39, 0.29) is 31.1 Å². The number of esters is 1. The molecule has 5 atom stereocenters. The fourth-order valence-electron chi connectivity index (χ4n) is 4.98. The number of carbonyl (C=O) groups excluding carboxylic acids is 1. The van der Waals surface area contributed by atoms with Gasteiger partial charge in [-0.25, -0.2) is 26.7 Å². The quantitative estimate of drug-likeness (QED) is 0.118. The van der Waals surface area contributed by atoms with E-state index in [2.05, 4.69) is 19.6 Å². The molecule has 2 saturated carbocycles. The number of hydrogen-bond donors (Lipinski definition) is 1. The van der Waals surface area contributed by atoms with Crippen molar-refractivity contribution in [2.24, 2.45) is 5.92 Å². The van der Waals surface area contributed by atoms with Crippen LogP contribution in [0.15, 0.2) is 29.2 Å². The van der Waals surface area contributed by atoms with Crippen molar-refractivity contribution in [3.63, 3.8) is 0 Å². The van der Waals surface area contributed by atoms with Crippen LogP contribution in [0.2, 0.25) is 0 Å². The molecule has 1 aromatic carbocycles. The second-order valence-corrected chi connectivity index (χ2v) is 10.1. The molecule has 0 heterocycles. The summed E-state index contributed by atoms with van der Waals surface area (Å²) in [7, 11) is 0. The predicted octanol–water partition coefficient (Wildman–Crippen LogP) is 7.08. The fraction of sp³-hybridized carbons (Fsp3) is 0.692. The van der Waals surface area contributed by atoms with Crippen LogP contribution in [0.25, 0.3) is 0 Å². The van der Waals surface area contributed by atoms with Crippen LogP contribution in [-0.2, 0) is 9.53 Å². The molecule has 197 valence electrons. The number of unbranched alkanes of at least 4 members (excludes halogenated alkanes) is 4. The first-order chi connectivity index (χ1) is 16.6. The van der Waals surface area contributed by atoms with Crippen LogP contribution in [0.5, 0.6) is 5.75 Å². The first-order valence-corrected chi connectivity index (χ1v) is 12.9. The summed E-state index contributed by atoms with van der Waals surface area (Å²) in [6, 6.07) is 5.40. The maximum atomic E-state index is 15.7. The lowest BCUT2D eigenvalue weighted by molar-refractivity contribution is -0.178. The molecule has 1 radical (unpaired) electrons. The minimum Gasteiger partial charge on any atom is -0.424 e. The largest absolute Gasteiger partial charge is 0.424 e. The summed E-state index contributed by atoms with van der Waals surface area (Å²) in [4.78, 5) is 12.9. The van der Waals surface area contributed by atoms with E-state index in [0.29, 0.717) is 24.3 Å². The summed E-state index contributed by atoms with van der Waals surface area (Å²) in [5.41, 5.74) is -7.03. The summed E-state index contributed by atoms with van der Waals surface area (Å²) in [5, 5.41) is 0. The molecule has 0 spiro atoms. The Morgan fingerprint density at radius 3 is 2.23 bits per heavy atom. The van der Waals surface area contributed by atoms with Crippen molar-refractivity contribution in [3.8, 4) is 5.75 Å². The van der Waals surface area contributed by atoms with Gasteiger partial charge in [-0.3, -0.25) is 0 Å². The average Bonchev–Trinajstić information content (AvgIpc) is 2.85. The Kier molecular flexibility index (Phi) is 9.89. The zero-order chi connectivity index (χ0) is 25.6. The van der Waals surface area contributed by atoms with Gasteiger partial charge in [0.05, 0.1) is 12.5 Å². The molecule has 2 fully saturated rings. The summed E-state index contributed by atoms with van der Waals surface area (Å²) < 4.78 is 86.6. The highest BCUT2D eigenvalue weighted by molar-refractivity contribution is 7.80. The number of halogens is 5. The van der Waals surface area contributed by atoms with Crippen LogP contribution in [0.1, 0.15) is 64.7 Å². The molecule has 2 aliphatic carbocycles. The molecule has 3 rings (SSSR count). The van der Waals surface area contributed by atoms with Crippen LogP contribution in [-0.4, -0.2) is 48.5 Å². The summed E-state index contributed by atoms with van der Waals surface area (Å²) >= 11 is 4.06. The Labute approximate surface area is 209 Å². The van der Waals surface area contributed by atoms with E-state index in [9.17, 15) is 9.18 Å². The zero-order valence-electron chi connectivity index (χ0n) is 19.9. The molecule has 0 N–H and O–H groups in total. The van der Waals surface area contributed by atoms with E-state index < -0.39 is 41.7 Å². The van der Waals surface area contributed by atoms with Crippen molar-refractivity contribution in [2.75, 3.05) is 6.61 Å². The van der Waals surface area contributed by atoms with Gasteiger partial charge in [0.1, 0.15) is 11.9 Å². The van der Waals surface area contributed by atoms with Gasteiger partial charge in [-0.05, 0) is 62.3 Å². The summed E-state index contributed by atoms with van der Waals surface area (Å²) in [6.45, 7) is 2.70. The van der Waals surface area contributed by atoms with E-state index in [1.807, 2.05) is 0 Å². The maximum Gasteiger partial charge on any atom is 0.352 e. The minimum absolute atomic E-state index is 0.0120. The number of hydrogen-bond acceptors (Lipinski definition) is 4. The van der Waals surface area contributed by atoms with E-state index in [1.54, 1.807) is 0 Å². The Hall–Kier alpha value is -1.35. The van der Waals surface area contributed by atoms with Gasteiger partial charge >= 0.3 is 5.97 Å². The molecule has 0 aromatic heterocycles. The normalized spacial score (nSPS) is 35.6. The van der Waals surface area contributed by atoms with Crippen molar-refractivity contribution >= 4 is 18.6 Å². The molecule has 0 saturated heterocycles. The third-order valence-corrected chi connectivity index (χ3v) is 7.45. The van der Waals surface area contributed by atoms with Crippen molar-refractivity contribution in [1.82, 2.24) is 0 Å². The Morgan fingerprint density at radius 1 is 0.971 bits per heavy atom. The van der Waals surface area contributed by atoms with Gasteiger partial charge < -0.3 is 9.47 Å². The van der Waals surface area contributed by atoms with Crippen molar-refractivity contribution in [3.05, 3.63) is 30.7 Å². The number of alkyl halides is 5. The standard InChI is InChI=1S/C26H34F5O3S/c1-2-3-4-5-6-15-33-18-9-7-17(8-10-18)26(31)21(27)16-25(30,22(28)23(26)29)24(32)34-19-11-13-20(35)14-12-19/h11-14,16-18,21-23,35H,2-10,15H2,1H3/t17-,18-,21?,22?,23?,25?,26?. The molecule has 0 aliphatic heterocycles. The van der Waals surface area contributed by atoms with Crippen molar-refractivity contribution in [2.45, 2.75) is 106 Å². The first kappa shape index (κ1) is 28.2. The average molecular weight is 522 g/mol. The highest BCUT2D eigenvalue weighted by Crippen LogP contribution is 2.52. The highest BCUT2D eigenvalue weighted by Gasteiger charge is 2.70. The lowest BCUT2D eigenvalue weighted by Gasteiger charge is -2.48. The molecular weight excluding hydrogens is 487 g/mol. The monoisotopic (exact) mass is 521 g/mol. The zero-order valence-corrected chi connectivity index (χ0v) is 20.8. The van der Waals surface area contributed by atoms with Crippen LogP contribution in [0.3, 0.4) is 0 Å². The van der Waals surface area contributed by atoms with E-state index >= 15 is 17.6 Å². The Balaban J connectivity index is 1.57. The molecule has 1 aromatic rings. The van der Waals surface area contributed by atoms with Gasteiger partial charge in [0.2, 0.25) is 5.67 Å². The molecule has 5 unspecified atom stereocenters. The third kappa shape index (κ3) is 6.32. The molecule has 0 amide bonds. The van der Waals surface area contributed by atoms with Gasteiger partial charge in [-0.15, -0.1) is 12.6 Å². The third-order valence-electron chi connectivity index (χ3n) is 7.15. The maximum absolute atomic E-state index is 15.7. The van der Waals surface area contributed by atoms with Gasteiger partial charge in [0, 0.05) is 11.5 Å². The number of carbonyl (C=O) groups is 1. The van der Waals surface area contributed by atoms with E-state index in [4.69, 9.17) is 9.47 Å². The van der Waals surface area contributed by atoms with Crippen molar-refractivity contribution < 1.29 is 36.2 Å². The van der Waals surface area contributed by atoms with Crippen LogP contribution in [0.4, 0.5) is 22.0 Å². The second-order valence-electron chi connectivity index (χ2n) is 9.61. The lowest BCUT2D eigenvalue weighted by Crippen LogP contribution is -2.68. The Morgan fingerprint density at radius 2 is 1.60 bits per heavy atom. The number of rotatable bonds is 10. The topological polar surface area (TPSA) is 35.5 Å². The van der Waals surface area contributed by atoms with Crippen LogP contribution < -0.4 is 4.74 Å². The van der Waals surface area contributed by atoms with Gasteiger partial charge in [-0.2, -0.15) is 0 Å². The number of thiol groups is 1. The summed E-state index contributed by atoms with van der Waals surface area (Å²) in [6.07, 6.45) is -3.03. The molecule has 2 aliphatic rings. The number of ether oxygens (including phenoxy) is 2. The van der Waals surface area contributed by atoms with Crippen molar-refractivity contribution in [1.29, 1.82) is 0 Å². The Bertz CT molecular complexity index is 820. The molecule has 0 bridgehead atoms.